The molecule has 0 saturated heterocycles. The quantitative estimate of drug-likeness (QED) is 0.870. The molecule has 17 heavy (non-hydrogen) atoms. The second kappa shape index (κ2) is 5.63. The molecule has 94 valence electrons. The lowest BCUT2D eigenvalue weighted by atomic mass is 9.73. The summed E-state index contributed by atoms with van der Waals surface area (Å²) < 4.78 is 0. The molecule has 3 atom stereocenters. The summed E-state index contributed by atoms with van der Waals surface area (Å²) in [5.74, 6) is 1.99. The number of hydrogen-bond acceptors (Lipinski definition) is 2. The number of aromatic nitrogens is 1. The van der Waals surface area contributed by atoms with Crippen molar-refractivity contribution in [1.82, 2.24) is 4.98 Å². The van der Waals surface area contributed by atoms with E-state index in [0.29, 0.717) is 5.92 Å². The van der Waals surface area contributed by atoms with E-state index in [1.54, 1.807) is 12.4 Å². The van der Waals surface area contributed by atoms with Gasteiger partial charge in [0, 0.05) is 12.4 Å². The van der Waals surface area contributed by atoms with Gasteiger partial charge < -0.3 is 5.11 Å². The smallest absolute Gasteiger partial charge is 0.0608 e. The highest BCUT2D eigenvalue weighted by molar-refractivity contribution is 5.11. The molecule has 0 amide bonds. The summed E-state index contributed by atoms with van der Waals surface area (Å²) >= 11 is 0. The topological polar surface area (TPSA) is 33.1 Å². The van der Waals surface area contributed by atoms with E-state index in [2.05, 4.69) is 18.8 Å². The fourth-order valence-electron chi connectivity index (χ4n) is 3.25. The molecule has 1 aromatic heterocycles. The summed E-state index contributed by atoms with van der Waals surface area (Å²) in [6.07, 6.45) is 7.85. The van der Waals surface area contributed by atoms with Crippen LogP contribution in [0.3, 0.4) is 0 Å². The van der Waals surface area contributed by atoms with Crippen LogP contribution >= 0.6 is 0 Å². The second-order valence-electron chi connectivity index (χ2n) is 5.80. The second-order valence-corrected chi connectivity index (χ2v) is 5.80. The summed E-state index contributed by atoms with van der Waals surface area (Å²) in [4.78, 5) is 4.01. The first-order valence-electron chi connectivity index (χ1n) is 6.72. The molecule has 1 N–H and O–H groups in total. The average Bonchev–Trinajstić information content (AvgIpc) is 2.29. The first kappa shape index (κ1) is 12.6. The van der Waals surface area contributed by atoms with Gasteiger partial charge in [-0.25, -0.2) is 0 Å². The van der Waals surface area contributed by atoms with Crippen molar-refractivity contribution in [1.29, 1.82) is 0 Å². The average molecular weight is 233 g/mol. The van der Waals surface area contributed by atoms with E-state index >= 15 is 0 Å². The Balaban J connectivity index is 1.93. The Bertz CT molecular complexity index is 328. The summed E-state index contributed by atoms with van der Waals surface area (Å²) in [6.45, 7) is 4.61. The molecule has 1 fully saturated rings. The number of nitrogens with zero attached hydrogens (tertiary/aromatic N) is 1. The number of rotatable bonds is 3. The predicted octanol–water partition coefficient (Wildman–Crippen LogP) is 3.06. The molecule has 2 nitrogen and oxygen atoms in total. The maximum absolute atomic E-state index is 10.3. The Morgan fingerprint density at radius 1 is 1.18 bits per heavy atom. The Hall–Kier alpha value is -0.890. The van der Waals surface area contributed by atoms with E-state index in [-0.39, 0.29) is 6.10 Å². The van der Waals surface area contributed by atoms with Crippen LogP contribution in [0.5, 0.6) is 0 Å². The molecular weight excluding hydrogens is 210 g/mol. The monoisotopic (exact) mass is 233 g/mol. The Morgan fingerprint density at radius 3 is 2.35 bits per heavy atom. The van der Waals surface area contributed by atoms with Crippen molar-refractivity contribution < 1.29 is 5.11 Å². The molecule has 1 heterocycles. The highest BCUT2D eigenvalue weighted by Gasteiger charge is 2.28. The van der Waals surface area contributed by atoms with Crippen LogP contribution in [0.2, 0.25) is 0 Å². The predicted molar refractivity (Wildman–Crippen MR) is 69.6 cm³/mol. The van der Waals surface area contributed by atoms with Crippen LogP contribution in [-0.2, 0) is 6.42 Å². The highest BCUT2D eigenvalue weighted by atomic mass is 16.3. The molecular formula is C15H23NO. The lowest BCUT2D eigenvalue weighted by Gasteiger charge is -2.34. The van der Waals surface area contributed by atoms with Crippen LogP contribution in [0.4, 0.5) is 0 Å². The van der Waals surface area contributed by atoms with Crippen molar-refractivity contribution in [2.24, 2.45) is 17.8 Å². The van der Waals surface area contributed by atoms with Crippen molar-refractivity contribution in [2.45, 2.75) is 45.6 Å². The van der Waals surface area contributed by atoms with Crippen LogP contribution in [-0.4, -0.2) is 16.2 Å². The van der Waals surface area contributed by atoms with Crippen LogP contribution < -0.4 is 0 Å². The minimum absolute atomic E-state index is 0.192. The van der Waals surface area contributed by atoms with Crippen molar-refractivity contribution in [3.8, 4) is 0 Å². The molecule has 0 spiro atoms. The Kier molecular flexibility index (Phi) is 4.16. The van der Waals surface area contributed by atoms with E-state index in [4.69, 9.17) is 0 Å². The standard InChI is InChI=1S/C15H23NO/c1-11-7-12(2)9-14(8-11)15(17)10-13-3-5-16-6-4-13/h3-6,11-12,14-15,17H,7-10H2,1-2H3. The van der Waals surface area contributed by atoms with Gasteiger partial charge in [-0.05, 0) is 61.1 Å². The van der Waals surface area contributed by atoms with Gasteiger partial charge in [0.25, 0.3) is 0 Å². The van der Waals surface area contributed by atoms with Crippen molar-refractivity contribution >= 4 is 0 Å². The van der Waals surface area contributed by atoms with Crippen LogP contribution in [0.1, 0.15) is 38.7 Å². The largest absolute Gasteiger partial charge is 0.392 e. The molecule has 0 aromatic carbocycles. The summed E-state index contributed by atoms with van der Waals surface area (Å²) in [5.41, 5.74) is 1.19. The molecule has 2 rings (SSSR count). The van der Waals surface area contributed by atoms with Crippen LogP contribution in [0, 0.1) is 17.8 Å². The lowest BCUT2D eigenvalue weighted by molar-refractivity contribution is 0.0561. The molecule has 1 saturated carbocycles. The van der Waals surface area contributed by atoms with Gasteiger partial charge in [-0.15, -0.1) is 0 Å². The normalized spacial score (nSPS) is 31.1. The number of hydrogen-bond donors (Lipinski definition) is 1. The fourth-order valence-corrected chi connectivity index (χ4v) is 3.25. The third-order valence-electron chi connectivity index (χ3n) is 3.95. The molecule has 0 aliphatic heterocycles. The summed E-state index contributed by atoms with van der Waals surface area (Å²) in [6, 6.07) is 4.00. The molecule has 2 heteroatoms. The Labute approximate surface area is 104 Å². The minimum atomic E-state index is -0.192. The zero-order chi connectivity index (χ0) is 12.3. The maximum Gasteiger partial charge on any atom is 0.0608 e. The van der Waals surface area contributed by atoms with E-state index < -0.39 is 0 Å². The first-order valence-corrected chi connectivity index (χ1v) is 6.72. The van der Waals surface area contributed by atoms with E-state index in [9.17, 15) is 5.11 Å². The number of aliphatic hydroxyl groups is 1. The van der Waals surface area contributed by atoms with Gasteiger partial charge in [0.15, 0.2) is 0 Å². The van der Waals surface area contributed by atoms with Crippen LogP contribution in [0.25, 0.3) is 0 Å². The number of pyridine rings is 1. The van der Waals surface area contributed by atoms with Crippen molar-refractivity contribution in [3.63, 3.8) is 0 Å². The zero-order valence-corrected chi connectivity index (χ0v) is 10.8. The molecule has 1 aliphatic rings. The SMILES string of the molecule is CC1CC(C)CC(C(O)Cc2ccncc2)C1. The Morgan fingerprint density at radius 2 is 1.76 bits per heavy atom. The van der Waals surface area contributed by atoms with Crippen molar-refractivity contribution in [2.75, 3.05) is 0 Å². The number of aliphatic hydroxyl groups excluding tert-OH is 1. The molecule has 0 bridgehead atoms. The third kappa shape index (κ3) is 3.53. The third-order valence-corrected chi connectivity index (χ3v) is 3.95. The summed E-state index contributed by atoms with van der Waals surface area (Å²) in [7, 11) is 0. The van der Waals surface area contributed by atoms with E-state index in [1.807, 2.05) is 12.1 Å². The molecule has 1 aromatic rings. The molecule has 1 aliphatic carbocycles. The van der Waals surface area contributed by atoms with Crippen molar-refractivity contribution in [3.05, 3.63) is 30.1 Å². The van der Waals surface area contributed by atoms with Gasteiger partial charge in [0.2, 0.25) is 0 Å². The zero-order valence-electron chi connectivity index (χ0n) is 10.8. The first-order chi connectivity index (χ1) is 8.15. The van der Waals surface area contributed by atoms with Gasteiger partial charge in [-0.2, -0.15) is 0 Å². The van der Waals surface area contributed by atoms with Gasteiger partial charge in [0.05, 0.1) is 6.10 Å². The minimum Gasteiger partial charge on any atom is -0.392 e. The summed E-state index contributed by atoms with van der Waals surface area (Å²) in [5, 5.41) is 10.3. The van der Waals surface area contributed by atoms with Gasteiger partial charge in [-0.3, -0.25) is 4.98 Å². The van der Waals surface area contributed by atoms with E-state index in [1.165, 1.54) is 24.8 Å². The van der Waals surface area contributed by atoms with Gasteiger partial charge >= 0.3 is 0 Å². The van der Waals surface area contributed by atoms with E-state index in [0.717, 1.165) is 18.3 Å². The molecule has 3 unspecified atom stereocenters. The fraction of sp³-hybridized carbons (Fsp3) is 0.667. The highest BCUT2D eigenvalue weighted by Crippen LogP contribution is 2.35. The van der Waals surface area contributed by atoms with Gasteiger partial charge in [0.1, 0.15) is 0 Å². The molecule has 0 radical (unpaired) electrons. The van der Waals surface area contributed by atoms with Gasteiger partial charge in [-0.1, -0.05) is 13.8 Å². The lowest BCUT2D eigenvalue weighted by Crippen LogP contribution is -2.30. The van der Waals surface area contributed by atoms with Crippen LogP contribution in [0.15, 0.2) is 24.5 Å². The maximum atomic E-state index is 10.3.